The number of benzene rings is 2. The predicted octanol–water partition coefficient (Wildman–Crippen LogP) is 3.93. The third-order valence-corrected chi connectivity index (χ3v) is 3.55. The van der Waals surface area contributed by atoms with Gasteiger partial charge < -0.3 is 10.5 Å². The molecule has 3 nitrogen and oxygen atoms in total. The summed E-state index contributed by atoms with van der Waals surface area (Å²) in [4.78, 5) is 0. The van der Waals surface area contributed by atoms with Crippen LogP contribution in [0.25, 0.3) is 0 Å². The normalized spacial score (nSPS) is 13.3. The molecule has 2 rings (SSSR count). The Morgan fingerprint density at radius 3 is 2.48 bits per heavy atom. The van der Waals surface area contributed by atoms with E-state index in [0.717, 1.165) is 10.0 Å². The Hall–Kier alpha value is -1.90. The molecule has 2 aromatic rings. The number of hydrogen-bond donors (Lipinski definition) is 1. The van der Waals surface area contributed by atoms with Crippen molar-refractivity contribution in [3.05, 3.63) is 63.9 Å². The van der Waals surface area contributed by atoms with Crippen molar-refractivity contribution >= 4 is 15.9 Å². The molecule has 0 saturated heterocycles. The maximum Gasteiger partial charge on any atom is 0.144 e. The topological polar surface area (TPSA) is 59.0 Å². The van der Waals surface area contributed by atoms with Crippen LogP contribution in [0.2, 0.25) is 0 Å². The summed E-state index contributed by atoms with van der Waals surface area (Å²) < 4.78 is 20.4. The minimum absolute atomic E-state index is 0.111. The van der Waals surface area contributed by atoms with Gasteiger partial charge in [0.1, 0.15) is 29.3 Å². The first-order chi connectivity index (χ1) is 10.0. The molecule has 2 N–H and O–H groups in total. The fourth-order valence-corrected chi connectivity index (χ4v) is 2.24. The van der Waals surface area contributed by atoms with Crippen molar-refractivity contribution in [3.63, 3.8) is 0 Å². The first kappa shape index (κ1) is 15.5. The van der Waals surface area contributed by atoms with Gasteiger partial charge in [0.15, 0.2) is 0 Å². The maximum absolute atomic E-state index is 13.6. The van der Waals surface area contributed by atoms with Crippen molar-refractivity contribution < 1.29 is 9.13 Å². The molecule has 0 amide bonds. The van der Waals surface area contributed by atoms with Crippen LogP contribution in [0, 0.1) is 17.1 Å². The van der Waals surface area contributed by atoms with Crippen LogP contribution in [0.15, 0.2) is 46.9 Å². The number of nitriles is 1. The summed E-state index contributed by atoms with van der Waals surface area (Å²) in [5.41, 5.74) is 6.72. The molecule has 5 heteroatoms. The van der Waals surface area contributed by atoms with Gasteiger partial charge in [-0.1, -0.05) is 34.1 Å². The van der Waals surface area contributed by atoms with E-state index in [0.29, 0.717) is 0 Å². The Kier molecular flexibility index (Phi) is 4.94. The Morgan fingerprint density at radius 2 is 1.90 bits per heavy atom. The van der Waals surface area contributed by atoms with Crippen molar-refractivity contribution in [2.45, 2.75) is 19.1 Å². The highest BCUT2D eigenvalue weighted by Gasteiger charge is 2.20. The molecule has 0 spiro atoms. The van der Waals surface area contributed by atoms with Crippen molar-refractivity contribution in [1.82, 2.24) is 0 Å². The van der Waals surface area contributed by atoms with Gasteiger partial charge in [0.05, 0.1) is 0 Å². The number of nitrogens with zero attached hydrogens (tertiary/aromatic N) is 1. The van der Waals surface area contributed by atoms with Crippen LogP contribution in [0.1, 0.15) is 24.2 Å². The molecule has 108 valence electrons. The Bertz CT molecular complexity index is 665. The number of nitrogens with two attached hydrogens (primary N) is 1. The summed E-state index contributed by atoms with van der Waals surface area (Å²) in [7, 11) is 0. The van der Waals surface area contributed by atoms with Gasteiger partial charge in [-0.15, -0.1) is 0 Å². The second-order valence-corrected chi connectivity index (χ2v) is 5.59. The standard InChI is InChI=1S/C16H14BrFN2O/c1-10(20)16(11-5-7-12(17)8-6-11)21-15-4-2-3-14(18)13(15)9-19/h2-8,10,16H,20H2,1H3. The van der Waals surface area contributed by atoms with Crippen LogP contribution < -0.4 is 10.5 Å². The van der Waals surface area contributed by atoms with Crippen molar-refractivity contribution in [2.75, 3.05) is 0 Å². The molecule has 0 aliphatic rings. The molecule has 2 atom stereocenters. The first-order valence-electron chi connectivity index (χ1n) is 6.39. The summed E-state index contributed by atoms with van der Waals surface area (Å²) in [6.07, 6.45) is -0.466. The van der Waals surface area contributed by atoms with Crippen LogP contribution in [0.4, 0.5) is 4.39 Å². The summed E-state index contributed by atoms with van der Waals surface area (Å²) in [5, 5.41) is 9.05. The van der Waals surface area contributed by atoms with Gasteiger partial charge in [-0.3, -0.25) is 0 Å². The summed E-state index contributed by atoms with van der Waals surface area (Å²) >= 11 is 3.37. The number of halogens is 2. The average Bonchev–Trinajstić information content (AvgIpc) is 2.45. The van der Waals surface area contributed by atoms with E-state index in [9.17, 15) is 4.39 Å². The van der Waals surface area contributed by atoms with E-state index < -0.39 is 11.9 Å². The summed E-state index contributed by atoms with van der Waals surface area (Å²) in [6.45, 7) is 1.80. The van der Waals surface area contributed by atoms with E-state index >= 15 is 0 Å². The van der Waals surface area contributed by atoms with E-state index in [1.807, 2.05) is 30.3 Å². The lowest BCUT2D eigenvalue weighted by atomic mass is 10.0. The second-order valence-electron chi connectivity index (χ2n) is 4.67. The van der Waals surface area contributed by atoms with Gasteiger partial charge >= 0.3 is 0 Å². The smallest absolute Gasteiger partial charge is 0.144 e. The average molecular weight is 349 g/mol. The molecule has 0 aliphatic heterocycles. The van der Waals surface area contributed by atoms with E-state index in [4.69, 9.17) is 15.7 Å². The highest BCUT2D eigenvalue weighted by atomic mass is 79.9. The van der Waals surface area contributed by atoms with Crippen molar-refractivity contribution in [1.29, 1.82) is 5.26 Å². The van der Waals surface area contributed by atoms with Gasteiger partial charge in [0.25, 0.3) is 0 Å². The maximum atomic E-state index is 13.6. The number of ether oxygens (including phenoxy) is 1. The lowest BCUT2D eigenvalue weighted by Gasteiger charge is -2.23. The fourth-order valence-electron chi connectivity index (χ4n) is 1.98. The zero-order valence-electron chi connectivity index (χ0n) is 11.4. The number of hydrogen-bond acceptors (Lipinski definition) is 3. The quantitative estimate of drug-likeness (QED) is 0.910. The van der Waals surface area contributed by atoms with Crippen LogP contribution in [0.5, 0.6) is 5.75 Å². The van der Waals surface area contributed by atoms with E-state index in [-0.39, 0.29) is 17.4 Å². The van der Waals surface area contributed by atoms with E-state index in [1.54, 1.807) is 13.0 Å². The molecule has 0 heterocycles. The Balaban J connectivity index is 2.36. The van der Waals surface area contributed by atoms with Crippen LogP contribution >= 0.6 is 15.9 Å². The molecule has 0 bridgehead atoms. The van der Waals surface area contributed by atoms with Crippen molar-refractivity contribution in [3.8, 4) is 11.8 Å². The summed E-state index contributed by atoms with van der Waals surface area (Å²) in [6, 6.07) is 13.3. The van der Waals surface area contributed by atoms with Crippen LogP contribution in [0.3, 0.4) is 0 Å². The van der Waals surface area contributed by atoms with Gasteiger partial charge in [-0.25, -0.2) is 4.39 Å². The van der Waals surface area contributed by atoms with Gasteiger partial charge in [-0.05, 0) is 36.8 Å². The summed E-state index contributed by atoms with van der Waals surface area (Å²) in [5.74, 6) is -0.406. The van der Waals surface area contributed by atoms with E-state index in [2.05, 4.69) is 15.9 Å². The lowest BCUT2D eigenvalue weighted by molar-refractivity contribution is 0.179. The zero-order valence-corrected chi connectivity index (χ0v) is 13.0. The van der Waals surface area contributed by atoms with Crippen LogP contribution in [-0.4, -0.2) is 6.04 Å². The van der Waals surface area contributed by atoms with Gasteiger partial charge in [-0.2, -0.15) is 5.26 Å². The first-order valence-corrected chi connectivity index (χ1v) is 7.18. The third kappa shape index (κ3) is 3.60. The zero-order chi connectivity index (χ0) is 15.4. The van der Waals surface area contributed by atoms with Crippen molar-refractivity contribution in [2.24, 2.45) is 5.73 Å². The minimum Gasteiger partial charge on any atom is -0.483 e. The lowest BCUT2D eigenvalue weighted by Crippen LogP contribution is -2.29. The second kappa shape index (κ2) is 6.70. The molecule has 2 unspecified atom stereocenters. The molecule has 0 fully saturated rings. The molecule has 21 heavy (non-hydrogen) atoms. The van der Waals surface area contributed by atoms with E-state index in [1.165, 1.54) is 12.1 Å². The highest BCUT2D eigenvalue weighted by Crippen LogP contribution is 2.28. The fraction of sp³-hybridized carbons (Fsp3) is 0.188. The molecular weight excluding hydrogens is 335 g/mol. The van der Waals surface area contributed by atoms with Gasteiger partial charge in [0, 0.05) is 10.5 Å². The Labute approximate surface area is 131 Å². The molecule has 0 aromatic heterocycles. The molecular formula is C16H14BrFN2O. The molecule has 0 radical (unpaired) electrons. The SMILES string of the molecule is CC(N)C(Oc1cccc(F)c1C#N)c1ccc(Br)cc1. The molecule has 0 saturated carbocycles. The third-order valence-electron chi connectivity index (χ3n) is 3.02. The Morgan fingerprint density at radius 1 is 1.24 bits per heavy atom. The van der Waals surface area contributed by atoms with Gasteiger partial charge in [0.2, 0.25) is 0 Å². The molecule has 2 aromatic carbocycles. The monoisotopic (exact) mass is 348 g/mol. The number of rotatable bonds is 4. The minimum atomic E-state index is -0.603. The molecule has 0 aliphatic carbocycles. The van der Waals surface area contributed by atoms with Crippen LogP contribution in [-0.2, 0) is 0 Å². The predicted molar refractivity (Wildman–Crippen MR) is 82.3 cm³/mol. The highest BCUT2D eigenvalue weighted by molar-refractivity contribution is 9.10. The largest absolute Gasteiger partial charge is 0.483 e.